The Labute approximate surface area is 183 Å². The highest BCUT2D eigenvalue weighted by molar-refractivity contribution is 6.39. The summed E-state index contributed by atoms with van der Waals surface area (Å²) in [6.45, 7) is 4.12. The number of nitrogens with one attached hydrogen (secondary N) is 3. The molecule has 1 saturated heterocycles. The van der Waals surface area contributed by atoms with Gasteiger partial charge >= 0.3 is 11.8 Å². The fourth-order valence-electron chi connectivity index (χ4n) is 3.63. The van der Waals surface area contributed by atoms with E-state index in [2.05, 4.69) is 45.1 Å². The average molecular weight is 423 g/mol. The van der Waals surface area contributed by atoms with E-state index in [1.165, 1.54) is 37.4 Å². The minimum atomic E-state index is -0.710. The van der Waals surface area contributed by atoms with Crippen molar-refractivity contribution in [2.45, 2.75) is 39.0 Å². The second kappa shape index (κ2) is 11.2. The highest BCUT2D eigenvalue weighted by Gasteiger charge is 2.13. The third-order valence-electron chi connectivity index (χ3n) is 5.25. The quantitative estimate of drug-likeness (QED) is 0.472. The molecule has 0 atom stereocenters. The van der Waals surface area contributed by atoms with Crippen LogP contribution < -0.4 is 20.9 Å². The molecule has 1 heterocycles. The van der Waals surface area contributed by atoms with Gasteiger partial charge in [0.25, 0.3) is 0 Å². The number of rotatable bonds is 7. The van der Waals surface area contributed by atoms with Crippen LogP contribution in [0.15, 0.2) is 48.5 Å². The first-order valence-corrected chi connectivity index (χ1v) is 10.8. The van der Waals surface area contributed by atoms with E-state index in [0.29, 0.717) is 17.9 Å². The molecule has 3 amide bonds. The molecular formula is C24H30N4O3. The zero-order valence-electron chi connectivity index (χ0n) is 17.9. The van der Waals surface area contributed by atoms with E-state index in [0.717, 1.165) is 25.9 Å². The molecule has 2 aromatic rings. The van der Waals surface area contributed by atoms with Crippen molar-refractivity contribution in [3.05, 3.63) is 54.1 Å². The summed E-state index contributed by atoms with van der Waals surface area (Å²) in [6.07, 6.45) is 5.44. The number of carbonyl (C=O) groups is 3. The van der Waals surface area contributed by atoms with Crippen LogP contribution in [0.3, 0.4) is 0 Å². The standard InChI is InChI=1S/C24H30N4O3/c1-18(29)26-20-9-11-21(12-10-20)27-24(31)23(30)25-15-5-6-19-7-13-22(14-8-19)28-16-3-2-4-17-28/h7-14H,2-6,15-17H2,1H3,(H,25,30)(H,26,29)(H,27,31). The van der Waals surface area contributed by atoms with Crippen LogP contribution in [-0.4, -0.2) is 37.4 Å². The van der Waals surface area contributed by atoms with Gasteiger partial charge in [-0.05, 0) is 74.1 Å². The van der Waals surface area contributed by atoms with Crippen molar-refractivity contribution in [1.29, 1.82) is 0 Å². The van der Waals surface area contributed by atoms with Gasteiger partial charge in [0, 0.05) is 43.6 Å². The van der Waals surface area contributed by atoms with Crippen molar-refractivity contribution in [2.24, 2.45) is 0 Å². The number of piperidine rings is 1. The summed E-state index contributed by atoms with van der Waals surface area (Å²) >= 11 is 0. The molecule has 0 aromatic heterocycles. The number of nitrogens with zero attached hydrogens (tertiary/aromatic N) is 1. The molecule has 0 spiro atoms. The molecule has 1 fully saturated rings. The molecule has 164 valence electrons. The van der Waals surface area contributed by atoms with Crippen LogP contribution in [0.2, 0.25) is 0 Å². The Hall–Kier alpha value is -3.35. The molecule has 31 heavy (non-hydrogen) atoms. The Morgan fingerprint density at radius 1 is 0.806 bits per heavy atom. The Bertz CT molecular complexity index is 888. The normalized spacial score (nSPS) is 13.4. The summed E-state index contributed by atoms with van der Waals surface area (Å²) in [5, 5.41) is 7.85. The third kappa shape index (κ3) is 7.13. The Morgan fingerprint density at radius 2 is 1.42 bits per heavy atom. The summed E-state index contributed by atoms with van der Waals surface area (Å²) < 4.78 is 0. The molecule has 7 heteroatoms. The van der Waals surface area contributed by atoms with Gasteiger partial charge in [0.1, 0.15) is 0 Å². The first-order valence-electron chi connectivity index (χ1n) is 10.8. The number of carbonyl (C=O) groups excluding carboxylic acids is 3. The molecule has 1 aliphatic heterocycles. The maximum atomic E-state index is 12.0. The van der Waals surface area contributed by atoms with Crippen LogP contribution in [0.1, 0.15) is 38.2 Å². The second-order valence-electron chi connectivity index (χ2n) is 7.79. The fourth-order valence-corrected chi connectivity index (χ4v) is 3.63. The van der Waals surface area contributed by atoms with Crippen LogP contribution in [0.4, 0.5) is 17.1 Å². The molecule has 0 aliphatic carbocycles. The lowest BCUT2D eigenvalue weighted by Crippen LogP contribution is -2.36. The van der Waals surface area contributed by atoms with Crippen molar-refractivity contribution in [3.8, 4) is 0 Å². The van der Waals surface area contributed by atoms with E-state index >= 15 is 0 Å². The van der Waals surface area contributed by atoms with Gasteiger partial charge in [-0.2, -0.15) is 0 Å². The number of hydrogen-bond donors (Lipinski definition) is 3. The number of hydrogen-bond acceptors (Lipinski definition) is 4. The van der Waals surface area contributed by atoms with Crippen molar-refractivity contribution in [2.75, 3.05) is 35.2 Å². The maximum absolute atomic E-state index is 12.0. The molecular weight excluding hydrogens is 392 g/mol. The van der Waals surface area contributed by atoms with Gasteiger partial charge in [-0.1, -0.05) is 12.1 Å². The highest BCUT2D eigenvalue weighted by atomic mass is 16.2. The average Bonchev–Trinajstić information content (AvgIpc) is 2.78. The van der Waals surface area contributed by atoms with E-state index in [1.807, 2.05) is 0 Å². The van der Waals surface area contributed by atoms with Gasteiger partial charge in [0.15, 0.2) is 0 Å². The zero-order valence-corrected chi connectivity index (χ0v) is 17.9. The molecule has 0 bridgehead atoms. The monoisotopic (exact) mass is 422 g/mol. The van der Waals surface area contributed by atoms with E-state index in [1.54, 1.807) is 24.3 Å². The highest BCUT2D eigenvalue weighted by Crippen LogP contribution is 2.20. The molecule has 0 unspecified atom stereocenters. The van der Waals surface area contributed by atoms with Gasteiger partial charge in [-0.25, -0.2) is 0 Å². The van der Waals surface area contributed by atoms with Gasteiger partial charge in [-0.15, -0.1) is 0 Å². The Kier molecular flexibility index (Phi) is 8.04. The van der Waals surface area contributed by atoms with Crippen molar-refractivity contribution in [3.63, 3.8) is 0 Å². The number of aryl methyl sites for hydroxylation is 1. The summed E-state index contributed by atoms with van der Waals surface area (Å²) in [5.74, 6) is -1.54. The molecule has 3 N–H and O–H groups in total. The van der Waals surface area contributed by atoms with Crippen LogP contribution >= 0.6 is 0 Å². The van der Waals surface area contributed by atoms with Crippen LogP contribution in [-0.2, 0) is 20.8 Å². The molecule has 0 radical (unpaired) electrons. The first kappa shape index (κ1) is 22.3. The van der Waals surface area contributed by atoms with Gasteiger partial charge in [-0.3, -0.25) is 14.4 Å². The van der Waals surface area contributed by atoms with Crippen LogP contribution in [0.25, 0.3) is 0 Å². The summed E-state index contributed by atoms with van der Waals surface area (Å²) in [5.41, 5.74) is 3.61. The van der Waals surface area contributed by atoms with Crippen molar-refractivity contribution >= 4 is 34.8 Å². The molecule has 0 saturated carbocycles. The number of benzene rings is 2. The van der Waals surface area contributed by atoms with E-state index in [9.17, 15) is 14.4 Å². The maximum Gasteiger partial charge on any atom is 0.313 e. The number of amides is 3. The predicted molar refractivity (Wildman–Crippen MR) is 123 cm³/mol. The molecule has 2 aromatic carbocycles. The third-order valence-corrected chi connectivity index (χ3v) is 5.25. The topological polar surface area (TPSA) is 90.5 Å². The lowest BCUT2D eigenvalue weighted by molar-refractivity contribution is -0.136. The number of anilines is 3. The van der Waals surface area contributed by atoms with E-state index in [-0.39, 0.29) is 5.91 Å². The lowest BCUT2D eigenvalue weighted by atomic mass is 10.1. The minimum absolute atomic E-state index is 0.172. The minimum Gasteiger partial charge on any atom is -0.372 e. The Morgan fingerprint density at radius 3 is 2.03 bits per heavy atom. The van der Waals surface area contributed by atoms with Crippen LogP contribution in [0, 0.1) is 0 Å². The second-order valence-corrected chi connectivity index (χ2v) is 7.79. The van der Waals surface area contributed by atoms with Crippen molar-refractivity contribution < 1.29 is 14.4 Å². The first-order chi connectivity index (χ1) is 15.0. The zero-order chi connectivity index (χ0) is 22.1. The Balaban J connectivity index is 1.36. The molecule has 3 rings (SSSR count). The predicted octanol–water partition coefficient (Wildman–Crippen LogP) is 3.32. The van der Waals surface area contributed by atoms with Crippen molar-refractivity contribution in [1.82, 2.24) is 5.32 Å². The summed E-state index contributed by atoms with van der Waals surface area (Å²) in [7, 11) is 0. The molecule has 7 nitrogen and oxygen atoms in total. The largest absolute Gasteiger partial charge is 0.372 e. The summed E-state index contributed by atoms with van der Waals surface area (Å²) in [4.78, 5) is 37.5. The lowest BCUT2D eigenvalue weighted by Gasteiger charge is -2.28. The van der Waals surface area contributed by atoms with E-state index in [4.69, 9.17) is 0 Å². The van der Waals surface area contributed by atoms with Gasteiger partial charge in [0.2, 0.25) is 5.91 Å². The van der Waals surface area contributed by atoms with Gasteiger partial charge in [0.05, 0.1) is 0 Å². The van der Waals surface area contributed by atoms with E-state index < -0.39 is 11.8 Å². The SMILES string of the molecule is CC(=O)Nc1ccc(NC(=O)C(=O)NCCCc2ccc(N3CCCCC3)cc2)cc1. The van der Waals surface area contributed by atoms with Gasteiger partial charge < -0.3 is 20.9 Å². The molecule has 1 aliphatic rings. The smallest absolute Gasteiger partial charge is 0.313 e. The fraction of sp³-hybridized carbons (Fsp3) is 0.375. The van der Waals surface area contributed by atoms with Crippen LogP contribution in [0.5, 0.6) is 0 Å². The summed E-state index contributed by atoms with van der Waals surface area (Å²) in [6, 6.07) is 15.2.